The fraction of sp³-hybridized carbons (Fsp3) is 0.278. The van der Waals surface area contributed by atoms with Gasteiger partial charge in [-0.15, -0.1) is 0 Å². The van der Waals surface area contributed by atoms with Gasteiger partial charge in [-0.1, -0.05) is 6.82 Å². The Bertz CT molecular complexity index is 785. The molecule has 0 aromatic heterocycles. The average Bonchev–Trinajstić information content (AvgIpc) is 2.53. The van der Waals surface area contributed by atoms with E-state index >= 15 is 0 Å². The lowest BCUT2D eigenvalue weighted by Crippen LogP contribution is -2.22. The highest BCUT2D eigenvalue weighted by atomic mass is 127. The molecule has 0 spiro atoms. The molecular formula is C18H16BIO2. The molecule has 0 radical (unpaired) electrons. The zero-order chi connectivity index (χ0) is 15.3. The van der Waals surface area contributed by atoms with Crippen LogP contribution in [0.2, 0.25) is 12.6 Å². The second kappa shape index (κ2) is 5.41. The van der Waals surface area contributed by atoms with Gasteiger partial charge in [-0.25, -0.2) is 0 Å². The number of ketones is 1. The number of fused-ring (bicyclic) bond motifs is 4. The molecule has 0 saturated carbocycles. The molecule has 1 aliphatic heterocycles. The van der Waals surface area contributed by atoms with Gasteiger partial charge in [0.05, 0.1) is 0 Å². The normalized spacial score (nSPS) is 18.8. The average molecular weight is 402 g/mol. The van der Waals surface area contributed by atoms with Crippen molar-refractivity contribution in [2.75, 3.05) is 0 Å². The lowest BCUT2D eigenvalue weighted by molar-refractivity contribution is 0.0972. The van der Waals surface area contributed by atoms with Crippen molar-refractivity contribution in [3.05, 3.63) is 50.6 Å². The van der Waals surface area contributed by atoms with Crippen molar-refractivity contribution in [3.63, 3.8) is 0 Å². The minimum Gasteiger partial charge on any atom is -0.488 e. The molecule has 0 saturated heterocycles. The molecule has 22 heavy (non-hydrogen) atoms. The maximum Gasteiger partial charge on any atom is 0.158 e. The van der Waals surface area contributed by atoms with E-state index in [0.29, 0.717) is 12.4 Å². The highest BCUT2D eigenvalue weighted by Gasteiger charge is 2.29. The highest BCUT2D eigenvalue weighted by Crippen LogP contribution is 2.41. The summed E-state index contributed by atoms with van der Waals surface area (Å²) in [6.07, 6.45) is 1.99. The lowest BCUT2D eigenvalue weighted by Gasteiger charge is -2.27. The van der Waals surface area contributed by atoms with Crippen molar-refractivity contribution in [1.82, 2.24) is 0 Å². The molecule has 2 aromatic rings. The largest absolute Gasteiger partial charge is 0.488 e. The van der Waals surface area contributed by atoms with Gasteiger partial charge in [-0.05, 0) is 88.3 Å². The number of carbonyl (C=O) groups is 1. The molecule has 1 unspecified atom stereocenters. The third kappa shape index (κ3) is 2.19. The van der Waals surface area contributed by atoms with Crippen molar-refractivity contribution < 1.29 is 9.53 Å². The van der Waals surface area contributed by atoms with Gasteiger partial charge in [0.15, 0.2) is 5.78 Å². The lowest BCUT2D eigenvalue weighted by atomic mass is 9.59. The molecule has 4 heteroatoms. The topological polar surface area (TPSA) is 26.3 Å². The van der Waals surface area contributed by atoms with E-state index in [-0.39, 0.29) is 5.82 Å². The van der Waals surface area contributed by atoms with Crippen LogP contribution in [0.15, 0.2) is 30.3 Å². The van der Waals surface area contributed by atoms with Crippen LogP contribution in [0.3, 0.4) is 0 Å². The van der Waals surface area contributed by atoms with Gasteiger partial charge >= 0.3 is 0 Å². The van der Waals surface area contributed by atoms with Crippen LogP contribution in [0.25, 0.3) is 11.1 Å². The minimum atomic E-state index is 0.198. The summed E-state index contributed by atoms with van der Waals surface area (Å²) in [5, 5.41) is 0. The van der Waals surface area contributed by atoms with Gasteiger partial charge in [-0.2, -0.15) is 0 Å². The van der Waals surface area contributed by atoms with Gasteiger partial charge in [0.25, 0.3) is 0 Å². The van der Waals surface area contributed by atoms with Crippen molar-refractivity contribution in [2.45, 2.75) is 32.1 Å². The van der Waals surface area contributed by atoms with E-state index < -0.39 is 0 Å². The summed E-state index contributed by atoms with van der Waals surface area (Å²) in [6, 6.07) is 10.6. The quantitative estimate of drug-likeness (QED) is 0.527. The molecule has 2 aliphatic rings. The van der Waals surface area contributed by atoms with Crippen LogP contribution in [0.5, 0.6) is 5.75 Å². The minimum absolute atomic E-state index is 0.198. The Morgan fingerprint density at radius 3 is 2.77 bits per heavy atom. The summed E-state index contributed by atoms with van der Waals surface area (Å²) in [6.45, 7) is 2.66. The van der Waals surface area contributed by atoms with E-state index in [4.69, 9.17) is 4.74 Å². The first kappa shape index (κ1) is 14.3. The number of aryl methyl sites for hydroxylation is 1. The third-order valence-electron chi connectivity index (χ3n) is 4.84. The second-order valence-electron chi connectivity index (χ2n) is 6.10. The van der Waals surface area contributed by atoms with Crippen LogP contribution >= 0.6 is 22.6 Å². The molecule has 1 heterocycles. The first-order valence-corrected chi connectivity index (χ1v) is 8.88. The van der Waals surface area contributed by atoms with E-state index in [1.54, 1.807) is 0 Å². The Morgan fingerprint density at radius 2 is 1.95 bits per heavy atom. The van der Waals surface area contributed by atoms with Crippen LogP contribution < -0.4 is 4.74 Å². The predicted molar refractivity (Wildman–Crippen MR) is 98.3 cm³/mol. The van der Waals surface area contributed by atoms with Gasteiger partial charge in [0, 0.05) is 14.7 Å². The predicted octanol–water partition coefficient (Wildman–Crippen LogP) is 4.25. The van der Waals surface area contributed by atoms with Crippen molar-refractivity contribution >= 4 is 35.7 Å². The SMILES string of the molecule is CBC1CCc2cc3c(cc2C1=O)COc1cc(I)ccc1-3. The molecule has 2 nitrogen and oxygen atoms in total. The molecule has 1 aliphatic carbocycles. The molecule has 1 atom stereocenters. The summed E-state index contributed by atoms with van der Waals surface area (Å²) in [7, 11) is 0.938. The third-order valence-corrected chi connectivity index (χ3v) is 5.51. The fourth-order valence-corrected chi connectivity index (χ4v) is 4.02. The number of rotatable bonds is 1. The number of Topliss-reactive ketones (excluding diaryl/α,β-unsaturated/α-hetero) is 1. The summed E-state index contributed by atoms with van der Waals surface area (Å²) >= 11 is 2.30. The number of halogens is 1. The highest BCUT2D eigenvalue weighted by molar-refractivity contribution is 14.1. The van der Waals surface area contributed by atoms with Gasteiger partial charge in [0.1, 0.15) is 19.6 Å². The number of hydrogen-bond acceptors (Lipinski definition) is 2. The summed E-state index contributed by atoms with van der Waals surface area (Å²) < 4.78 is 7.07. The van der Waals surface area contributed by atoms with Crippen LogP contribution in [0, 0.1) is 3.57 Å². The first-order chi connectivity index (χ1) is 10.7. The number of ether oxygens (including phenoxy) is 1. The van der Waals surface area contributed by atoms with Crippen molar-refractivity contribution in [2.24, 2.45) is 0 Å². The van der Waals surface area contributed by atoms with Crippen LogP contribution in [-0.2, 0) is 13.0 Å². The monoisotopic (exact) mass is 402 g/mol. The Hall–Kier alpha value is -1.30. The summed E-state index contributed by atoms with van der Waals surface area (Å²) in [4.78, 5) is 12.6. The Labute approximate surface area is 144 Å². The molecule has 110 valence electrons. The molecule has 0 fully saturated rings. The number of benzene rings is 2. The van der Waals surface area contributed by atoms with E-state index in [1.165, 1.54) is 14.7 Å². The zero-order valence-corrected chi connectivity index (χ0v) is 14.6. The Morgan fingerprint density at radius 1 is 1.14 bits per heavy atom. The van der Waals surface area contributed by atoms with Crippen LogP contribution in [0.1, 0.15) is 27.9 Å². The van der Waals surface area contributed by atoms with E-state index in [0.717, 1.165) is 42.6 Å². The standard InChI is InChI=1S/C18H16BIO2/c1-19-16-5-2-10-6-14-11(7-15(10)18(16)21)9-22-17-8-12(20)3-4-13(14)17/h3-4,6-8,16,19H,2,5,9H2,1H3. The first-order valence-electron chi connectivity index (χ1n) is 7.80. The second-order valence-corrected chi connectivity index (χ2v) is 7.35. The van der Waals surface area contributed by atoms with E-state index in [9.17, 15) is 4.79 Å². The number of hydrogen-bond donors (Lipinski definition) is 0. The molecule has 2 aromatic carbocycles. The Kier molecular flexibility index (Phi) is 3.52. The maximum absolute atomic E-state index is 12.6. The van der Waals surface area contributed by atoms with Gasteiger partial charge in [-0.3, -0.25) is 4.79 Å². The summed E-state index contributed by atoms with van der Waals surface area (Å²) in [5.41, 5.74) is 5.65. The smallest absolute Gasteiger partial charge is 0.158 e. The van der Waals surface area contributed by atoms with Crippen molar-refractivity contribution in [1.29, 1.82) is 0 Å². The summed E-state index contributed by atoms with van der Waals surface area (Å²) in [5.74, 6) is 1.47. The molecule has 0 amide bonds. The zero-order valence-electron chi connectivity index (χ0n) is 12.5. The van der Waals surface area contributed by atoms with Gasteiger partial charge in [0.2, 0.25) is 0 Å². The molecule has 0 bridgehead atoms. The van der Waals surface area contributed by atoms with Crippen molar-refractivity contribution in [3.8, 4) is 16.9 Å². The van der Waals surface area contributed by atoms with Crippen LogP contribution in [0.4, 0.5) is 0 Å². The van der Waals surface area contributed by atoms with Crippen LogP contribution in [-0.4, -0.2) is 13.1 Å². The molecular weight excluding hydrogens is 386 g/mol. The number of carbonyl (C=O) groups excluding carboxylic acids is 1. The van der Waals surface area contributed by atoms with E-state index in [2.05, 4.69) is 59.7 Å². The molecule has 4 rings (SSSR count). The van der Waals surface area contributed by atoms with Gasteiger partial charge < -0.3 is 4.74 Å². The maximum atomic E-state index is 12.6. The molecule has 0 N–H and O–H groups in total. The fourth-order valence-electron chi connectivity index (χ4n) is 3.56. The Balaban J connectivity index is 1.86. The van der Waals surface area contributed by atoms with E-state index in [1.807, 2.05) is 0 Å².